The monoisotopic (exact) mass is 229 g/mol. The van der Waals surface area contributed by atoms with Gasteiger partial charge in [0.2, 0.25) is 10.0 Å². The van der Waals surface area contributed by atoms with Crippen LogP contribution in [0.3, 0.4) is 0 Å². The summed E-state index contributed by atoms with van der Waals surface area (Å²) in [4.78, 5) is 0.127. The average molecular weight is 229 g/mol. The predicted molar refractivity (Wildman–Crippen MR) is 58.6 cm³/mol. The van der Waals surface area contributed by atoms with Crippen molar-refractivity contribution in [2.75, 3.05) is 7.11 Å². The fourth-order valence-corrected chi connectivity index (χ4v) is 2.45. The second-order valence-corrected chi connectivity index (χ2v) is 5.05. The maximum Gasteiger partial charge on any atom is 0.238 e. The van der Waals surface area contributed by atoms with Crippen molar-refractivity contribution in [3.8, 4) is 5.75 Å². The molecule has 84 valence electrons. The van der Waals surface area contributed by atoms with Gasteiger partial charge in [0.05, 0.1) is 12.0 Å². The van der Waals surface area contributed by atoms with Gasteiger partial charge in [0.1, 0.15) is 5.75 Å². The van der Waals surface area contributed by atoms with Crippen molar-refractivity contribution in [3.63, 3.8) is 0 Å². The first-order chi connectivity index (χ1) is 6.79. The van der Waals surface area contributed by atoms with Gasteiger partial charge in [0.25, 0.3) is 0 Å². The molecular formula is C10H15NO3S. The first-order valence-corrected chi connectivity index (χ1v) is 6.01. The van der Waals surface area contributed by atoms with Gasteiger partial charge in [-0.15, -0.1) is 0 Å². The molecule has 0 radical (unpaired) electrons. The minimum Gasteiger partial charge on any atom is -0.496 e. The highest BCUT2D eigenvalue weighted by atomic mass is 32.2. The molecule has 0 fully saturated rings. The van der Waals surface area contributed by atoms with E-state index in [-0.39, 0.29) is 4.90 Å². The number of sulfonamides is 1. The molecule has 5 heteroatoms. The summed E-state index contributed by atoms with van der Waals surface area (Å²) in [5, 5.41) is 5.12. The van der Waals surface area contributed by atoms with E-state index >= 15 is 0 Å². The Morgan fingerprint density at radius 1 is 1.20 bits per heavy atom. The number of methoxy groups -OCH3 is 1. The lowest BCUT2D eigenvalue weighted by atomic mass is 10.1. The minimum absolute atomic E-state index is 0.127. The fraction of sp³-hybridized carbons (Fsp3) is 0.400. The van der Waals surface area contributed by atoms with Gasteiger partial charge in [-0.2, -0.15) is 0 Å². The second-order valence-electron chi connectivity index (χ2n) is 3.52. The van der Waals surface area contributed by atoms with Crippen molar-refractivity contribution in [3.05, 3.63) is 22.8 Å². The molecule has 1 rings (SSSR count). The highest BCUT2D eigenvalue weighted by Crippen LogP contribution is 2.30. The lowest BCUT2D eigenvalue weighted by Crippen LogP contribution is -2.15. The number of rotatable bonds is 2. The molecule has 15 heavy (non-hydrogen) atoms. The standard InChI is InChI=1S/C10H15NO3S/c1-6-5-9(15(11,12)13)8(3)10(14-4)7(6)2/h5H,1-4H3,(H2,11,12,13). The Labute approximate surface area is 90.1 Å². The van der Waals surface area contributed by atoms with Gasteiger partial charge in [-0.1, -0.05) is 0 Å². The van der Waals surface area contributed by atoms with Gasteiger partial charge in [-0.05, 0) is 38.0 Å². The molecule has 0 unspecified atom stereocenters. The lowest BCUT2D eigenvalue weighted by Gasteiger charge is -2.14. The Hall–Kier alpha value is -1.07. The van der Waals surface area contributed by atoms with Crippen LogP contribution in [-0.4, -0.2) is 15.5 Å². The molecule has 0 bridgehead atoms. The van der Waals surface area contributed by atoms with E-state index in [0.29, 0.717) is 11.3 Å². The number of benzene rings is 1. The maximum atomic E-state index is 11.3. The van der Waals surface area contributed by atoms with Crippen molar-refractivity contribution >= 4 is 10.0 Å². The number of hydrogen-bond donors (Lipinski definition) is 1. The number of primary sulfonamides is 1. The molecular weight excluding hydrogens is 214 g/mol. The molecule has 1 aromatic carbocycles. The molecule has 0 saturated carbocycles. The molecule has 4 nitrogen and oxygen atoms in total. The van der Waals surface area contributed by atoms with E-state index in [0.717, 1.165) is 11.1 Å². The van der Waals surface area contributed by atoms with E-state index in [1.807, 2.05) is 13.8 Å². The van der Waals surface area contributed by atoms with Crippen LogP contribution in [0.15, 0.2) is 11.0 Å². The van der Waals surface area contributed by atoms with Crippen molar-refractivity contribution in [1.29, 1.82) is 0 Å². The Kier molecular flexibility index (Phi) is 3.06. The zero-order chi connectivity index (χ0) is 11.8. The molecule has 2 N–H and O–H groups in total. The van der Waals surface area contributed by atoms with Crippen molar-refractivity contribution < 1.29 is 13.2 Å². The van der Waals surface area contributed by atoms with Crippen LogP contribution in [0.25, 0.3) is 0 Å². The first-order valence-electron chi connectivity index (χ1n) is 4.46. The molecule has 0 heterocycles. The van der Waals surface area contributed by atoms with Gasteiger partial charge < -0.3 is 4.74 Å². The second kappa shape index (κ2) is 3.83. The van der Waals surface area contributed by atoms with E-state index < -0.39 is 10.0 Å². The Morgan fingerprint density at radius 2 is 1.73 bits per heavy atom. The van der Waals surface area contributed by atoms with Crippen LogP contribution < -0.4 is 9.88 Å². The van der Waals surface area contributed by atoms with E-state index in [1.165, 1.54) is 7.11 Å². The molecule has 0 saturated heterocycles. The summed E-state index contributed by atoms with van der Waals surface area (Å²) >= 11 is 0. The number of hydrogen-bond acceptors (Lipinski definition) is 3. The third kappa shape index (κ3) is 2.13. The molecule has 0 aromatic heterocycles. The summed E-state index contributed by atoms with van der Waals surface area (Å²) in [5.41, 5.74) is 2.34. The molecule has 0 aliphatic carbocycles. The van der Waals surface area contributed by atoms with Crippen LogP contribution in [0, 0.1) is 20.8 Å². The molecule has 0 atom stereocenters. The summed E-state index contributed by atoms with van der Waals surface area (Å²) < 4.78 is 27.8. The van der Waals surface area contributed by atoms with Crippen LogP contribution in [-0.2, 0) is 10.0 Å². The Bertz CT molecular complexity index is 492. The fourth-order valence-electron chi connectivity index (χ4n) is 1.59. The Balaban J connectivity index is 3.66. The van der Waals surface area contributed by atoms with Gasteiger partial charge in [-0.25, -0.2) is 13.6 Å². The minimum atomic E-state index is -3.69. The highest BCUT2D eigenvalue weighted by Gasteiger charge is 2.18. The molecule has 0 spiro atoms. The van der Waals surface area contributed by atoms with Gasteiger partial charge in [-0.3, -0.25) is 0 Å². The summed E-state index contributed by atoms with van der Waals surface area (Å²) in [5.74, 6) is 0.582. The van der Waals surface area contributed by atoms with E-state index in [4.69, 9.17) is 9.88 Å². The lowest BCUT2D eigenvalue weighted by molar-refractivity contribution is 0.406. The van der Waals surface area contributed by atoms with Crippen LogP contribution in [0.4, 0.5) is 0 Å². The summed E-state index contributed by atoms with van der Waals surface area (Å²) in [7, 11) is -2.17. The van der Waals surface area contributed by atoms with Crippen molar-refractivity contribution in [1.82, 2.24) is 0 Å². The predicted octanol–water partition coefficient (Wildman–Crippen LogP) is 1.27. The van der Waals surface area contributed by atoms with Gasteiger partial charge in [0, 0.05) is 5.56 Å². The number of ether oxygens (including phenoxy) is 1. The van der Waals surface area contributed by atoms with Crippen molar-refractivity contribution in [2.45, 2.75) is 25.7 Å². The Morgan fingerprint density at radius 3 is 2.13 bits per heavy atom. The number of aryl methyl sites for hydroxylation is 1. The quantitative estimate of drug-likeness (QED) is 0.830. The molecule has 0 aliphatic heterocycles. The zero-order valence-electron chi connectivity index (χ0n) is 9.29. The molecule has 0 amide bonds. The largest absolute Gasteiger partial charge is 0.496 e. The van der Waals surface area contributed by atoms with E-state index in [1.54, 1.807) is 13.0 Å². The van der Waals surface area contributed by atoms with Crippen LogP contribution >= 0.6 is 0 Å². The third-order valence-electron chi connectivity index (χ3n) is 2.50. The molecule has 1 aromatic rings. The van der Waals surface area contributed by atoms with E-state index in [9.17, 15) is 8.42 Å². The normalized spacial score (nSPS) is 11.5. The summed E-state index contributed by atoms with van der Waals surface area (Å²) in [6.45, 7) is 5.39. The summed E-state index contributed by atoms with van der Waals surface area (Å²) in [6, 6.07) is 1.57. The van der Waals surface area contributed by atoms with Gasteiger partial charge >= 0.3 is 0 Å². The van der Waals surface area contributed by atoms with E-state index in [2.05, 4.69) is 0 Å². The summed E-state index contributed by atoms with van der Waals surface area (Å²) in [6.07, 6.45) is 0. The zero-order valence-corrected chi connectivity index (χ0v) is 10.1. The van der Waals surface area contributed by atoms with Crippen LogP contribution in [0.1, 0.15) is 16.7 Å². The average Bonchev–Trinajstić information content (AvgIpc) is 2.10. The third-order valence-corrected chi connectivity index (χ3v) is 3.54. The highest BCUT2D eigenvalue weighted by molar-refractivity contribution is 7.89. The maximum absolute atomic E-state index is 11.3. The molecule has 0 aliphatic rings. The topological polar surface area (TPSA) is 69.4 Å². The SMILES string of the molecule is COc1c(C)c(C)cc(S(N)(=O)=O)c1C. The number of nitrogens with two attached hydrogens (primary N) is 1. The first kappa shape index (κ1) is 12.0. The van der Waals surface area contributed by atoms with Crippen molar-refractivity contribution in [2.24, 2.45) is 5.14 Å². The smallest absolute Gasteiger partial charge is 0.238 e. The van der Waals surface area contributed by atoms with Gasteiger partial charge in [0.15, 0.2) is 0 Å². The van der Waals surface area contributed by atoms with Crippen LogP contribution in [0.2, 0.25) is 0 Å². The van der Waals surface area contributed by atoms with Crippen LogP contribution in [0.5, 0.6) is 5.75 Å².